The maximum atomic E-state index is 16.6. The molecule has 0 aromatic heterocycles. The van der Waals surface area contributed by atoms with Crippen LogP contribution in [-0.4, -0.2) is 0 Å². The predicted molar refractivity (Wildman–Crippen MR) is 133 cm³/mol. The summed E-state index contributed by atoms with van der Waals surface area (Å²) in [5, 5.41) is 0. The van der Waals surface area contributed by atoms with E-state index in [2.05, 4.69) is 19.9 Å². The molecule has 0 fully saturated rings. The van der Waals surface area contributed by atoms with Gasteiger partial charge in [0.15, 0.2) is 5.67 Å². The maximum Gasteiger partial charge on any atom is 0.191 e. The van der Waals surface area contributed by atoms with Gasteiger partial charge in [0.1, 0.15) is 5.83 Å². The molecule has 1 unspecified atom stereocenters. The number of hydrogen-bond donors (Lipinski definition) is 0. The number of benzene rings is 2. The number of alkyl halides is 1. The van der Waals surface area contributed by atoms with E-state index < -0.39 is 11.5 Å². The van der Waals surface area contributed by atoms with E-state index in [1.165, 1.54) is 12.8 Å². The number of unbranched alkanes of at least 4 members (excludes halogenated alkanes) is 6. The van der Waals surface area contributed by atoms with E-state index in [1.807, 2.05) is 48.5 Å². The molecular weight excluding hydrogens is 398 g/mol. The number of rotatable bonds is 12. The van der Waals surface area contributed by atoms with Crippen molar-refractivity contribution < 1.29 is 8.78 Å². The minimum absolute atomic E-state index is 0.0520. The third-order valence-electron chi connectivity index (χ3n) is 6.56. The molecule has 2 aromatic carbocycles. The molecule has 1 aliphatic rings. The molecule has 0 saturated heterocycles. The van der Waals surface area contributed by atoms with Crippen LogP contribution in [0.3, 0.4) is 0 Å². The number of aryl methyl sites for hydroxylation is 1. The molecule has 0 N–H and O–H groups in total. The van der Waals surface area contributed by atoms with E-state index in [-0.39, 0.29) is 6.42 Å². The minimum atomic E-state index is -2.10. The number of hydrogen-bond acceptors (Lipinski definition) is 0. The molecule has 2 heteroatoms. The van der Waals surface area contributed by atoms with Crippen molar-refractivity contribution in [2.45, 2.75) is 90.1 Å². The highest BCUT2D eigenvalue weighted by molar-refractivity contribution is 5.70. The van der Waals surface area contributed by atoms with Crippen molar-refractivity contribution in [2.24, 2.45) is 0 Å². The van der Waals surface area contributed by atoms with Gasteiger partial charge in [-0.3, -0.25) is 0 Å². The van der Waals surface area contributed by atoms with Crippen molar-refractivity contribution in [1.29, 1.82) is 0 Å². The molecule has 1 aliphatic carbocycles. The highest BCUT2D eigenvalue weighted by Crippen LogP contribution is 2.47. The minimum Gasteiger partial charge on any atom is -0.230 e. The van der Waals surface area contributed by atoms with E-state index in [0.29, 0.717) is 17.6 Å². The van der Waals surface area contributed by atoms with E-state index in [1.54, 1.807) is 6.08 Å². The molecule has 0 saturated carbocycles. The molecule has 0 aliphatic heterocycles. The van der Waals surface area contributed by atoms with Gasteiger partial charge in [-0.05, 0) is 47.9 Å². The van der Waals surface area contributed by atoms with Gasteiger partial charge < -0.3 is 0 Å². The summed E-state index contributed by atoms with van der Waals surface area (Å²) in [5.41, 5.74) is 1.73. The van der Waals surface area contributed by atoms with E-state index in [0.717, 1.165) is 61.6 Å². The monoisotopic (exact) mass is 436 g/mol. The summed E-state index contributed by atoms with van der Waals surface area (Å²) >= 11 is 0. The first-order valence-corrected chi connectivity index (χ1v) is 12.5. The largest absolute Gasteiger partial charge is 0.230 e. The van der Waals surface area contributed by atoms with Crippen LogP contribution in [0.15, 0.2) is 72.1 Å². The Labute approximate surface area is 193 Å². The number of allylic oxidation sites excluding steroid dienone is 4. The Hall–Kier alpha value is -2.22. The van der Waals surface area contributed by atoms with Gasteiger partial charge in [-0.15, -0.1) is 0 Å². The summed E-state index contributed by atoms with van der Waals surface area (Å²) in [4.78, 5) is 0. The lowest BCUT2D eigenvalue weighted by atomic mass is 9.79. The van der Waals surface area contributed by atoms with Crippen molar-refractivity contribution >= 4 is 0 Å². The maximum absolute atomic E-state index is 16.6. The van der Waals surface area contributed by atoms with Gasteiger partial charge in [0, 0.05) is 12.0 Å². The summed E-state index contributed by atoms with van der Waals surface area (Å²) in [7, 11) is 0. The SMILES string of the molecule is CCCCCCCC1=C(F)C(F)(c2cc(CCCCC)ccc2-c2ccccc2)CC=C1. The molecule has 0 radical (unpaired) electrons. The van der Waals surface area contributed by atoms with Crippen LogP contribution in [0.4, 0.5) is 8.78 Å². The Morgan fingerprint density at radius 1 is 0.812 bits per heavy atom. The molecule has 32 heavy (non-hydrogen) atoms. The second-order valence-electron chi connectivity index (χ2n) is 9.11. The molecule has 3 rings (SSSR count). The lowest BCUT2D eigenvalue weighted by Crippen LogP contribution is -2.25. The van der Waals surface area contributed by atoms with E-state index in [4.69, 9.17) is 0 Å². The van der Waals surface area contributed by atoms with Gasteiger partial charge in [-0.2, -0.15) is 0 Å². The standard InChI is InChI=1S/C30H38F2/c1-3-5-7-8-11-18-26-19-14-22-30(32,29(26)31)28-23-24(15-10-6-4-2)20-21-27(28)25-16-12-9-13-17-25/h9,12-14,16-17,19-21,23H,3-8,10-11,15,18,22H2,1-2H3. The lowest BCUT2D eigenvalue weighted by Gasteiger charge is -2.30. The van der Waals surface area contributed by atoms with E-state index >= 15 is 8.78 Å². The Morgan fingerprint density at radius 2 is 1.50 bits per heavy atom. The summed E-state index contributed by atoms with van der Waals surface area (Å²) in [6.07, 6.45) is 14.1. The van der Waals surface area contributed by atoms with Gasteiger partial charge in [0.25, 0.3) is 0 Å². The summed E-state index contributed by atoms with van der Waals surface area (Å²) in [6, 6.07) is 15.8. The van der Waals surface area contributed by atoms with Crippen LogP contribution in [0.5, 0.6) is 0 Å². The van der Waals surface area contributed by atoms with Crippen LogP contribution < -0.4 is 0 Å². The summed E-state index contributed by atoms with van der Waals surface area (Å²) in [6.45, 7) is 4.36. The zero-order valence-electron chi connectivity index (χ0n) is 19.8. The second kappa shape index (κ2) is 12.1. The zero-order valence-corrected chi connectivity index (χ0v) is 19.8. The first-order valence-electron chi connectivity index (χ1n) is 12.5. The van der Waals surface area contributed by atoms with E-state index in [9.17, 15) is 0 Å². The quantitative estimate of drug-likeness (QED) is 0.290. The van der Waals surface area contributed by atoms with Crippen molar-refractivity contribution in [3.8, 4) is 11.1 Å². The first-order chi connectivity index (χ1) is 15.6. The molecule has 0 spiro atoms. The Bertz CT molecular complexity index is 910. The first kappa shape index (κ1) is 24.4. The second-order valence-corrected chi connectivity index (χ2v) is 9.11. The van der Waals surface area contributed by atoms with Crippen molar-refractivity contribution in [2.75, 3.05) is 0 Å². The average molecular weight is 437 g/mol. The molecule has 172 valence electrons. The van der Waals surface area contributed by atoms with Gasteiger partial charge in [0.2, 0.25) is 0 Å². The fourth-order valence-electron chi connectivity index (χ4n) is 4.64. The highest BCUT2D eigenvalue weighted by Gasteiger charge is 2.41. The summed E-state index contributed by atoms with van der Waals surface area (Å²) < 4.78 is 32.4. The fraction of sp³-hybridized carbons (Fsp3) is 0.467. The van der Waals surface area contributed by atoms with Gasteiger partial charge >= 0.3 is 0 Å². The third-order valence-corrected chi connectivity index (χ3v) is 6.56. The molecule has 0 nitrogen and oxygen atoms in total. The molecule has 0 amide bonds. The van der Waals surface area contributed by atoms with Crippen molar-refractivity contribution in [1.82, 2.24) is 0 Å². The zero-order chi connectivity index (χ0) is 22.8. The molecular formula is C30H38F2. The van der Waals surface area contributed by atoms with Crippen LogP contribution in [-0.2, 0) is 12.1 Å². The Morgan fingerprint density at radius 3 is 2.25 bits per heavy atom. The fourth-order valence-corrected chi connectivity index (χ4v) is 4.64. The summed E-state index contributed by atoms with van der Waals surface area (Å²) in [5.74, 6) is -0.585. The van der Waals surface area contributed by atoms with Gasteiger partial charge in [0.05, 0.1) is 0 Å². The average Bonchev–Trinajstić information content (AvgIpc) is 2.82. The highest BCUT2D eigenvalue weighted by atomic mass is 19.2. The van der Waals surface area contributed by atoms with Crippen LogP contribution in [0.2, 0.25) is 0 Å². The molecule has 0 heterocycles. The lowest BCUT2D eigenvalue weighted by molar-refractivity contribution is 0.174. The molecule has 1 atom stereocenters. The smallest absolute Gasteiger partial charge is 0.191 e. The van der Waals surface area contributed by atoms with Crippen LogP contribution in [0, 0.1) is 0 Å². The van der Waals surface area contributed by atoms with Crippen LogP contribution >= 0.6 is 0 Å². The van der Waals surface area contributed by atoms with Crippen molar-refractivity contribution in [3.05, 3.63) is 83.2 Å². The van der Waals surface area contributed by atoms with Crippen molar-refractivity contribution in [3.63, 3.8) is 0 Å². The number of halogens is 2. The molecule has 2 aromatic rings. The Kier molecular flexibility index (Phi) is 9.26. The normalized spacial score (nSPS) is 18.4. The Balaban J connectivity index is 1.95. The predicted octanol–water partition coefficient (Wildman–Crippen LogP) is 9.80. The van der Waals surface area contributed by atoms with Gasteiger partial charge in [-0.1, -0.05) is 113 Å². The molecule has 0 bridgehead atoms. The third kappa shape index (κ3) is 5.97. The topological polar surface area (TPSA) is 0 Å². The van der Waals surface area contributed by atoms with Crippen LogP contribution in [0.25, 0.3) is 11.1 Å². The van der Waals surface area contributed by atoms with Gasteiger partial charge in [-0.25, -0.2) is 8.78 Å². The van der Waals surface area contributed by atoms with Crippen LogP contribution in [0.1, 0.15) is 89.2 Å².